The molecule has 290 valence electrons. The van der Waals surface area contributed by atoms with Crippen LogP contribution < -0.4 is 0 Å². The average Bonchev–Trinajstić information content (AvgIpc) is 3.90. The molecule has 2 heterocycles. The van der Waals surface area contributed by atoms with Crippen LogP contribution in [0.2, 0.25) is 0 Å². The molecule has 0 saturated carbocycles. The molecule has 0 fully saturated rings. The molecule has 0 atom stereocenters. The molecule has 0 saturated heterocycles. The number of benzene rings is 9. The summed E-state index contributed by atoms with van der Waals surface area (Å²) in [6, 6.07) is 67.0. The van der Waals surface area contributed by atoms with Gasteiger partial charge in [-0.1, -0.05) is 159 Å². The predicted octanol–water partition coefficient (Wildman–Crippen LogP) is 15.2. The zero-order valence-corrected chi connectivity index (χ0v) is 34.7. The van der Waals surface area contributed by atoms with E-state index in [1.54, 1.807) is 0 Å². The summed E-state index contributed by atoms with van der Waals surface area (Å²) >= 11 is 0. The molecule has 2 aromatic heterocycles. The maximum atomic E-state index is 5.76. The molecule has 3 heteroatoms. The highest BCUT2D eigenvalue weighted by Gasteiger charge is 2.35. The first-order chi connectivity index (χ1) is 29.9. The Kier molecular flexibility index (Phi) is 7.71. The third-order valence-electron chi connectivity index (χ3n) is 13.4. The number of hydrogen-bond donors (Lipinski definition) is 0. The van der Waals surface area contributed by atoms with Crippen LogP contribution in [0.5, 0.6) is 0 Å². The van der Waals surface area contributed by atoms with Crippen LogP contribution in [-0.4, -0.2) is 14.8 Å². The molecule has 0 unspecified atom stereocenters. The van der Waals surface area contributed by atoms with Crippen molar-refractivity contribution in [3.8, 4) is 16.8 Å². The maximum Gasteiger partial charge on any atom is 0.133 e. The molecule has 0 radical (unpaired) electrons. The first-order valence-electron chi connectivity index (χ1n) is 21.3. The number of hydrogen-bond acceptors (Lipinski definition) is 1. The van der Waals surface area contributed by atoms with Gasteiger partial charge in [0.05, 0.1) is 27.8 Å². The Balaban J connectivity index is 1.13. The standard InChI is InChI=1S/C58H43N3/c1-5-54(59-56(41-19-9-6-16-36(41)2)39-27-30-45-44-22-12-14-24-49(44)58(3,4)50(45)34-39)61-52-33-29-40(35-48(52)55-42-20-10-7-17-37(42)28-32-53(55)61)60-51-25-15-13-23-46(51)47-31-26-38-18-8-11-21-43(38)57(47)60/h5-35H,1-4H3/b54-5+,59-56?. The van der Waals surface area contributed by atoms with E-state index in [1.807, 2.05) is 0 Å². The van der Waals surface area contributed by atoms with Crippen molar-refractivity contribution >= 4 is 76.7 Å². The third-order valence-corrected chi connectivity index (χ3v) is 13.4. The van der Waals surface area contributed by atoms with E-state index in [1.165, 1.54) is 81.9 Å². The first kappa shape index (κ1) is 35.5. The van der Waals surface area contributed by atoms with Crippen LogP contribution in [0.15, 0.2) is 193 Å². The monoisotopic (exact) mass is 781 g/mol. The number of rotatable bonds is 5. The van der Waals surface area contributed by atoms with Gasteiger partial charge in [-0.25, -0.2) is 4.99 Å². The summed E-state index contributed by atoms with van der Waals surface area (Å²) in [5, 5.41) is 9.86. The lowest BCUT2D eigenvalue weighted by atomic mass is 9.81. The van der Waals surface area contributed by atoms with E-state index in [4.69, 9.17) is 4.99 Å². The minimum absolute atomic E-state index is 0.129. The van der Waals surface area contributed by atoms with E-state index >= 15 is 0 Å². The second-order valence-electron chi connectivity index (χ2n) is 17.1. The minimum Gasteiger partial charge on any atom is -0.309 e. The highest BCUT2D eigenvalue weighted by Crippen LogP contribution is 2.49. The lowest BCUT2D eigenvalue weighted by Crippen LogP contribution is -2.16. The minimum atomic E-state index is -0.129. The second-order valence-corrected chi connectivity index (χ2v) is 17.1. The summed E-state index contributed by atoms with van der Waals surface area (Å²) in [6.45, 7) is 9.01. The molecule has 11 aromatic rings. The molecule has 0 N–H and O–H groups in total. The summed E-state index contributed by atoms with van der Waals surface area (Å²) in [7, 11) is 0. The highest BCUT2D eigenvalue weighted by molar-refractivity contribution is 6.24. The van der Waals surface area contributed by atoms with Crippen molar-refractivity contribution in [2.75, 3.05) is 0 Å². The van der Waals surface area contributed by atoms with Crippen molar-refractivity contribution in [1.29, 1.82) is 0 Å². The van der Waals surface area contributed by atoms with Crippen molar-refractivity contribution < 1.29 is 0 Å². The van der Waals surface area contributed by atoms with Gasteiger partial charge in [0.2, 0.25) is 0 Å². The molecule has 0 aliphatic heterocycles. The SMILES string of the molecule is C/C=C(\N=C(c1ccc2c(c1)C(C)(C)c1ccccc1-2)c1ccccc1C)n1c2ccc(-n3c4ccccc4c4ccc5ccccc5c43)cc2c2c3ccccc3ccc21. The predicted molar refractivity (Wildman–Crippen MR) is 260 cm³/mol. The van der Waals surface area contributed by atoms with Crippen LogP contribution in [0.1, 0.15) is 48.6 Å². The van der Waals surface area contributed by atoms with Gasteiger partial charge >= 0.3 is 0 Å². The van der Waals surface area contributed by atoms with E-state index < -0.39 is 0 Å². The van der Waals surface area contributed by atoms with Crippen LogP contribution in [0, 0.1) is 6.92 Å². The van der Waals surface area contributed by atoms with Gasteiger partial charge in [0, 0.05) is 49.2 Å². The summed E-state index contributed by atoms with van der Waals surface area (Å²) in [5.74, 6) is 0.882. The smallest absolute Gasteiger partial charge is 0.133 e. The largest absolute Gasteiger partial charge is 0.309 e. The first-order valence-corrected chi connectivity index (χ1v) is 21.3. The second kappa shape index (κ2) is 13.3. The number of allylic oxidation sites excluding steroid dienone is 1. The Bertz CT molecular complexity index is 3700. The summed E-state index contributed by atoms with van der Waals surface area (Å²) < 4.78 is 4.85. The van der Waals surface area contributed by atoms with Gasteiger partial charge < -0.3 is 4.57 Å². The fourth-order valence-electron chi connectivity index (χ4n) is 10.5. The summed E-state index contributed by atoms with van der Waals surface area (Å²) in [4.78, 5) is 5.76. The van der Waals surface area contributed by atoms with Gasteiger partial charge in [-0.3, -0.25) is 4.57 Å². The van der Waals surface area contributed by atoms with Crippen molar-refractivity contribution in [3.05, 3.63) is 216 Å². The van der Waals surface area contributed by atoms with E-state index in [-0.39, 0.29) is 5.41 Å². The van der Waals surface area contributed by atoms with Crippen LogP contribution in [-0.2, 0) is 5.41 Å². The van der Waals surface area contributed by atoms with Crippen molar-refractivity contribution in [1.82, 2.24) is 9.13 Å². The van der Waals surface area contributed by atoms with E-state index in [9.17, 15) is 0 Å². The van der Waals surface area contributed by atoms with E-state index in [0.717, 1.165) is 39.4 Å². The van der Waals surface area contributed by atoms with Crippen LogP contribution >= 0.6 is 0 Å². The van der Waals surface area contributed by atoms with Gasteiger partial charge in [-0.2, -0.15) is 0 Å². The van der Waals surface area contributed by atoms with Crippen LogP contribution in [0.4, 0.5) is 0 Å². The Morgan fingerprint density at radius 1 is 0.525 bits per heavy atom. The number of aryl methyl sites for hydroxylation is 1. The number of para-hydroxylation sites is 1. The van der Waals surface area contributed by atoms with Gasteiger partial charge in [-0.05, 0) is 100 Å². The molecule has 1 aliphatic rings. The molecule has 1 aliphatic carbocycles. The third kappa shape index (κ3) is 5.14. The molecule has 3 nitrogen and oxygen atoms in total. The highest BCUT2D eigenvalue weighted by atomic mass is 15.1. The molecule has 0 bridgehead atoms. The lowest BCUT2D eigenvalue weighted by molar-refractivity contribution is 0.660. The lowest BCUT2D eigenvalue weighted by Gasteiger charge is -2.22. The number of aromatic nitrogens is 2. The molecular weight excluding hydrogens is 739 g/mol. The van der Waals surface area contributed by atoms with Crippen LogP contribution in [0.3, 0.4) is 0 Å². The maximum absolute atomic E-state index is 5.76. The number of nitrogens with zero attached hydrogens (tertiary/aromatic N) is 3. The summed E-state index contributed by atoms with van der Waals surface area (Å²) in [5.41, 5.74) is 15.4. The van der Waals surface area contributed by atoms with E-state index in [0.29, 0.717) is 0 Å². The quantitative estimate of drug-likeness (QED) is 0.155. The Morgan fingerprint density at radius 3 is 2.03 bits per heavy atom. The van der Waals surface area contributed by atoms with Crippen molar-refractivity contribution in [2.24, 2.45) is 4.99 Å². The van der Waals surface area contributed by atoms with Gasteiger partial charge in [0.25, 0.3) is 0 Å². The fourth-order valence-corrected chi connectivity index (χ4v) is 10.5. The van der Waals surface area contributed by atoms with Crippen LogP contribution in [0.25, 0.3) is 87.8 Å². The van der Waals surface area contributed by atoms with Gasteiger partial charge in [-0.15, -0.1) is 0 Å². The Hall–Kier alpha value is -7.49. The zero-order valence-electron chi connectivity index (χ0n) is 34.7. The van der Waals surface area contributed by atoms with Crippen molar-refractivity contribution in [2.45, 2.75) is 33.1 Å². The molecule has 0 amide bonds. The van der Waals surface area contributed by atoms with Crippen molar-refractivity contribution in [3.63, 3.8) is 0 Å². The Labute approximate surface area is 355 Å². The molecule has 12 rings (SSSR count). The molecule has 0 spiro atoms. The average molecular weight is 782 g/mol. The topological polar surface area (TPSA) is 22.2 Å². The molecular formula is C58H43N3. The molecule has 61 heavy (non-hydrogen) atoms. The van der Waals surface area contributed by atoms with E-state index in [2.05, 4.69) is 225 Å². The number of aliphatic imine (C=N–C) groups is 1. The normalized spacial score (nSPS) is 13.9. The summed E-state index contributed by atoms with van der Waals surface area (Å²) in [6.07, 6.45) is 2.17. The zero-order chi connectivity index (χ0) is 41.0. The molecule has 9 aromatic carbocycles. The van der Waals surface area contributed by atoms with Gasteiger partial charge in [0.1, 0.15) is 5.82 Å². The van der Waals surface area contributed by atoms with Gasteiger partial charge in [0.15, 0.2) is 0 Å². The Morgan fingerprint density at radius 2 is 1.20 bits per heavy atom. The number of fused-ring (bicyclic) bond motifs is 13. The fraction of sp³-hybridized carbons (Fsp3) is 0.0862.